The largest absolute Gasteiger partial charge is 0.314 e. The Morgan fingerprint density at radius 3 is 2.40 bits per heavy atom. The van der Waals surface area contributed by atoms with Crippen LogP contribution in [0.4, 0.5) is 0 Å². The molecular formula is C15H25Cl3N2. The molecule has 2 nitrogen and oxygen atoms in total. The highest BCUT2D eigenvalue weighted by atomic mass is 35.5. The van der Waals surface area contributed by atoms with Gasteiger partial charge in [-0.1, -0.05) is 37.6 Å². The molecule has 20 heavy (non-hydrogen) atoms. The predicted octanol–water partition coefficient (Wildman–Crippen LogP) is 4.18. The van der Waals surface area contributed by atoms with Crippen molar-refractivity contribution in [1.82, 2.24) is 10.2 Å². The van der Waals surface area contributed by atoms with E-state index in [1.54, 1.807) is 0 Å². The molecule has 1 atom stereocenters. The van der Waals surface area contributed by atoms with Gasteiger partial charge in [-0.3, -0.25) is 4.90 Å². The average Bonchev–Trinajstić information content (AvgIpc) is 2.37. The summed E-state index contributed by atoms with van der Waals surface area (Å²) >= 11 is 6.13. The standard InChI is InChI=1S/C15H23ClN2.2ClH/c1-12(2)10-15(18-8-6-17-7-9-18)13-4-3-5-14(16)11-13;;/h3-5,11-12,15,17H,6-10H2,1-2H3;2*1H/t15-;;/m0../s1. The molecule has 0 saturated carbocycles. The molecule has 2 rings (SSSR count). The second kappa shape index (κ2) is 9.86. The van der Waals surface area contributed by atoms with Gasteiger partial charge in [-0.15, -0.1) is 24.8 Å². The summed E-state index contributed by atoms with van der Waals surface area (Å²) < 4.78 is 0. The van der Waals surface area contributed by atoms with Gasteiger partial charge in [0.25, 0.3) is 0 Å². The third kappa shape index (κ3) is 5.79. The molecule has 0 aromatic heterocycles. The van der Waals surface area contributed by atoms with Gasteiger partial charge in [-0.05, 0) is 30.0 Å². The van der Waals surface area contributed by atoms with Crippen LogP contribution >= 0.6 is 36.4 Å². The quantitative estimate of drug-likeness (QED) is 0.885. The van der Waals surface area contributed by atoms with Gasteiger partial charge in [0.05, 0.1) is 0 Å². The van der Waals surface area contributed by atoms with E-state index in [0.717, 1.165) is 31.2 Å². The van der Waals surface area contributed by atoms with E-state index < -0.39 is 0 Å². The first kappa shape index (κ1) is 20.0. The predicted molar refractivity (Wildman–Crippen MR) is 92.6 cm³/mol. The van der Waals surface area contributed by atoms with Crippen LogP contribution in [0.5, 0.6) is 0 Å². The molecule has 116 valence electrons. The van der Waals surface area contributed by atoms with Crippen molar-refractivity contribution in [3.8, 4) is 0 Å². The lowest BCUT2D eigenvalue weighted by molar-refractivity contribution is 0.154. The number of benzene rings is 1. The highest BCUT2D eigenvalue weighted by Gasteiger charge is 2.22. The first-order chi connectivity index (χ1) is 8.66. The van der Waals surface area contributed by atoms with E-state index in [1.807, 2.05) is 6.07 Å². The van der Waals surface area contributed by atoms with E-state index in [-0.39, 0.29) is 24.8 Å². The Kier molecular flexibility index (Phi) is 9.86. The highest BCUT2D eigenvalue weighted by molar-refractivity contribution is 6.30. The topological polar surface area (TPSA) is 15.3 Å². The number of piperazine rings is 1. The molecule has 0 bridgehead atoms. The summed E-state index contributed by atoms with van der Waals surface area (Å²) in [6.07, 6.45) is 1.19. The molecule has 0 unspecified atom stereocenters. The van der Waals surface area contributed by atoms with E-state index in [2.05, 4.69) is 42.3 Å². The van der Waals surface area contributed by atoms with E-state index in [1.165, 1.54) is 12.0 Å². The van der Waals surface area contributed by atoms with Crippen molar-refractivity contribution in [1.29, 1.82) is 0 Å². The molecule has 0 spiro atoms. The molecular weight excluding hydrogens is 315 g/mol. The van der Waals surface area contributed by atoms with Crippen LogP contribution in [0.2, 0.25) is 5.02 Å². The van der Waals surface area contributed by atoms with Crippen molar-refractivity contribution in [2.24, 2.45) is 5.92 Å². The van der Waals surface area contributed by atoms with E-state index >= 15 is 0 Å². The van der Waals surface area contributed by atoms with Crippen LogP contribution in [-0.2, 0) is 0 Å². The fourth-order valence-electron chi connectivity index (χ4n) is 2.65. The van der Waals surface area contributed by atoms with Gasteiger partial charge >= 0.3 is 0 Å². The molecule has 0 aliphatic carbocycles. The Morgan fingerprint density at radius 2 is 1.85 bits per heavy atom. The maximum Gasteiger partial charge on any atom is 0.0409 e. The normalized spacial score (nSPS) is 17.2. The van der Waals surface area contributed by atoms with Gasteiger partial charge in [0.2, 0.25) is 0 Å². The van der Waals surface area contributed by atoms with Gasteiger partial charge in [-0.25, -0.2) is 0 Å². The van der Waals surface area contributed by atoms with Crippen LogP contribution in [0.15, 0.2) is 24.3 Å². The first-order valence-electron chi connectivity index (χ1n) is 6.87. The van der Waals surface area contributed by atoms with Crippen molar-refractivity contribution >= 4 is 36.4 Å². The summed E-state index contributed by atoms with van der Waals surface area (Å²) in [7, 11) is 0. The Balaban J connectivity index is 0.00000180. The average molecular weight is 340 g/mol. The second-order valence-corrected chi connectivity index (χ2v) is 5.92. The minimum absolute atomic E-state index is 0. The summed E-state index contributed by atoms with van der Waals surface area (Å²) in [5, 5.41) is 4.26. The molecule has 1 aliphatic rings. The lowest BCUT2D eigenvalue weighted by Crippen LogP contribution is -2.45. The van der Waals surface area contributed by atoms with Crippen molar-refractivity contribution in [3.05, 3.63) is 34.9 Å². The number of rotatable bonds is 4. The summed E-state index contributed by atoms with van der Waals surface area (Å²) in [4.78, 5) is 2.59. The van der Waals surface area contributed by atoms with Crippen LogP contribution in [0.3, 0.4) is 0 Å². The minimum Gasteiger partial charge on any atom is -0.314 e. The lowest BCUT2D eigenvalue weighted by Gasteiger charge is -2.36. The van der Waals surface area contributed by atoms with E-state index in [0.29, 0.717) is 12.0 Å². The Bertz CT molecular complexity index is 379. The zero-order valence-electron chi connectivity index (χ0n) is 12.1. The molecule has 1 saturated heterocycles. The number of hydrogen-bond acceptors (Lipinski definition) is 2. The zero-order valence-corrected chi connectivity index (χ0v) is 14.5. The Morgan fingerprint density at radius 1 is 1.20 bits per heavy atom. The number of halogens is 3. The Hall–Kier alpha value is 0.01000. The first-order valence-corrected chi connectivity index (χ1v) is 7.25. The van der Waals surface area contributed by atoms with Crippen LogP contribution in [0.1, 0.15) is 31.9 Å². The Labute approximate surface area is 140 Å². The molecule has 1 aromatic rings. The van der Waals surface area contributed by atoms with E-state index in [9.17, 15) is 0 Å². The van der Waals surface area contributed by atoms with Crippen molar-refractivity contribution in [2.45, 2.75) is 26.3 Å². The second-order valence-electron chi connectivity index (χ2n) is 5.49. The lowest BCUT2D eigenvalue weighted by atomic mass is 9.95. The van der Waals surface area contributed by atoms with Crippen LogP contribution in [0.25, 0.3) is 0 Å². The smallest absolute Gasteiger partial charge is 0.0409 e. The molecule has 1 aromatic carbocycles. The SMILES string of the molecule is CC(C)C[C@@H](c1cccc(Cl)c1)N1CCNCC1.Cl.Cl. The van der Waals surface area contributed by atoms with Crippen molar-refractivity contribution in [2.75, 3.05) is 26.2 Å². The van der Waals surface area contributed by atoms with Gasteiger partial charge in [-0.2, -0.15) is 0 Å². The number of nitrogens with zero attached hydrogens (tertiary/aromatic N) is 1. The molecule has 0 amide bonds. The van der Waals surface area contributed by atoms with Gasteiger partial charge in [0, 0.05) is 37.2 Å². The van der Waals surface area contributed by atoms with Crippen LogP contribution in [0, 0.1) is 5.92 Å². The molecule has 5 heteroatoms. The van der Waals surface area contributed by atoms with Crippen LogP contribution in [-0.4, -0.2) is 31.1 Å². The van der Waals surface area contributed by atoms with Crippen molar-refractivity contribution in [3.63, 3.8) is 0 Å². The molecule has 0 radical (unpaired) electrons. The fraction of sp³-hybridized carbons (Fsp3) is 0.600. The van der Waals surface area contributed by atoms with Gasteiger partial charge < -0.3 is 5.32 Å². The molecule has 1 heterocycles. The minimum atomic E-state index is 0. The zero-order chi connectivity index (χ0) is 13.0. The number of hydrogen-bond donors (Lipinski definition) is 1. The molecule has 1 fully saturated rings. The third-order valence-electron chi connectivity index (χ3n) is 3.52. The van der Waals surface area contributed by atoms with Gasteiger partial charge in [0.15, 0.2) is 0 Å². The summed E-state index contributed by atoms with van der Waals surface area (Å²) in [5.41, 5.74) is 1.36. The number of nitrogens with one attached hydrogen (secondary N) is 1. The summed E-state index contributed by atoms with van der Waals surface area (Å²) in [6, 6.07) is 8.85. The van der Waals surface area contributed by atoms with Gasteiger partial charge in [0.1, 0.15) is 0 Å². The maximum atomic E-state index is 6.13. The molecule has 1 aliphatic heterocycles. The maximum absolute atomic E-state index is 6.13. The molecule has 1 N–H and O–H groups in total. The van der Waals surface area contributed by atoms with Crippen LogP contribution < -0.4 is 5.32 Å². The summed E-state index contributed by atoms with van der Waals surface area (Å²) in [5.74, 6) is 0.698. The van der Waals surface area contributed by atoms with E-state index in [4.69, 9.17) is 11.6 Å². The highest BCUT2D eigenvalue weighted by Crippen LogP contribution is 2.29. The van der Waals surface area contributed by atoms with Crippen molar-refractivity contribution < 1.29 is 0 Å². The summed E-state index contributed by atoms with van der Waals surface area (Å²) in [6.45, 7) is 9.03. The third-order valence-corrected chi connectivity index (χ3v) is 3.76. The fourth-order valence-corrected chi connectivity index (χ4v) is 2.85. The monoisotopic (exact) mass is 338 g/mol.